The molecule has 5 nitrogen and oxygen atoms in total. The monoisotopic (exact) mass is 291 g/mol. The van der Waals surface area contributed by atoms with Crippen LogP contribution >= 0.6 is 0 Å². The van der Waals surface area contributed by atoms with Gasteiger partial charge < -0.3 is 0 Å². The number of pyridine rings is 1. The molecular weight excluding hydrogens is 274 g/mol. The highest BCUT2D eigenvalue weighted by Gasteiger charge is 2.34. The fourth-order valence-electron chi connectivity index (χ4n) is 2.97. The quantitative estimate of drug-likeness (QED) is 0.655. The Morgan fingerprint density at radius 2 is 2.20 bits per heavy atom. The Bertz CT molecular complexity index is 725. The molecule has 1 aromatic carbocycles. The molecule has 2 atom stereocenters. The molecule has 3 N–H and O–H groups in total. The molecule has 2 heterocycles. The number of aromatic nitrogens is 1. The van der Waals surface area contributed by atoms with E-state index in [2.05, 4.69) is 10.4 Å². The van der Waals surface area contributed by atoms with Crippen LogP contribution in [0.5, 0.6) is 0 Å². The van der Waals surface area contributed by atoms with E-state index in [1.807, 2.05) is 24.3 Å². The normalized spacial score (nSPS) is 22.9. The van der Waals surface area contributed by atoms with Crippen molar-refractivity contribution in [3.63, 3.8) is 0 Å². The first-order valence-electron chi connectivity index (χ1n) is 6.60. The minimum atomic E-state index is -2.92. The largest absolute Gasteiger partial charge is 0.271 e. The van der Waals surface area contributed by atoms with Crippen LogP contribution in [0, 0.1) is 5.92 Å². The third-order valence-corrected chi connectivity index (χ3v) is 5.76. The van der Waals surface area contributed by atoms with Crippen molar-refractivity contribution in [1.29, 1.82) is 0 Å². The van der Waals surface area contributed by atoms with Gasteiger partial charge in [-0.3, -0.25) is 16.3 Å². The second kappa shape index (κ2) is 5.12. The molecule has 20 heavy (non-hydrogen) atoms. The van der Waals surface area contributed by atoms with E-state index in [1.165, 1.54) is 0 Å². The molecule has 1 aliphatic heterocycles. The van der Waals surface area contributed by atoms with Crippen molar-refractivity contribution < 1.29 is 8.42 Å². The van der Waals surface area contributed by atoms with Crippen molar-refractivity contribution in [3.8, 4) is 0 Å². The minimum absolute atomic E-state index is 0.0100. The van der Waals surface area contributed by atoms with E-state index in [-0.39, 0.29) is 23.5 Å². The summed E-state index contributed by atoms with van der Waals surface area (Å²) >= 11 is 0. The Morgan fingerprint density at radius 3 is 2.90 bits per heavy atom. The van der Waals surface area contributed by atoms with Crippen LogP contribution in [0.1, 0.15) is 18.0 Å². The van der Waals surface area contributed by atoms with Crippen LogP contribution in [0.3, 0.4) is 0 Å². The number of rotatable bonds is 3. The summed E-state index contributed by atoms with van der Waals surface area (Å²) in [6.07, 6.45) is 4.20. The zero-order valence-corrected chi connectivity index (χ0v) is 11.8. The standard InChI is InChI=1S/C14H17N3O2S/c15-17-14(11-5-7-20(18,19)9-11)12-3-1-2-10-4-6-16-8-13(10)12/h1-4,6,8,11,14,17H,5,7,9,15H2. The number of hydrogen-bond acceptors (Lipinski definition) is 5. The zero-order chi connectivity index (χ0) is 14.2. The lowest BCUT2D eigenvalue weighted by Crippen LogP contribution is -2.34. The van der Waals surface area contributed by atoms with Crippen molar-refractivity contribution in [2.24, 2.45) is 11.8 Å². The summed E-state index contributed by atoms with van der Waals surface area (Å²) in [5.74, 6) is 6.15. The molecule has 6 heteroatoms. The van der Waals surface area contributed by atoms with Crippen molar-refractivity contribution >= 4 is 20.6 Å². The summed E-state index contributed by atoms with van der Waals surface area (Å²) < 4.78 is 23.4. The number of hydrazine groups is 1. The Kier molecular flexibility index (Phi) is 3.45. The SMILES string of the molecule is NNC(c1cccc2ccncc12)C1CCS(=O)(=O)C1. The van der Waals surface area contributed by atoms with Gasteiger partial charge in [0, 0.05) is 17.8 Å². The second-order valence-corrected chi connectivity index (χ2v) is 7.48. The average molecular weight is 291 g/mol. The Hall–Kier alpha value is -1.50. The number of nitrogens with zero attached hydrogens (tertiary/aromatic N) is 1. The van der Waals surface area contributed by atoms with Gasteiger partial charge >= 0.3 is 0 Å². The van der Waals surface area contributed by atoms with Gasteiger partial charge in [-0.25, -0.2) is 8.42 Å². The lowest BCUT2D eigenvalue weighted by Gasteiger charge is -2.23. The van der Waals surface area contributed by atoms with Gasteiger partial charge in [-0.05, 0) is 29.4 Å². The second-order valence-electron chi connectivity index (χ2n) is 5.25. The first kappa shape index (κ1) is 13.5. The summed E-state index contributed by atoms with van der Waals surface area (Å²) in [5.41, 5.74) is 3.81. The highest BCUT2D eigenvalue weighted by Crippen LogP contribution is 2.34. The van der Waals surface area contributed by atoms with Crippen molar-refractivity contribution in [1.82, 2.24) is 10.4 Å². The van der Waals surface area contributed by atoms with E-state index in [0.29, 0.717) is 6.42 Å². The van der Waals surface area contributed by atoms with Gasteiger partial charge in [0.2, 0.25) is 0 Å². The van der Waals surface area contributed by atoms with Crippen LogP contribution in [0.25, 0.3) is 10.8 Å². The lowest BCUT2D eigenvalue weighted by atomic mass is 9.90. The van der Waals surface area contributed by atoms with Crippen LogP contribution in [0.15, 0.2) is 36.7 Å². The molecule has 1 saturated heterocycles. The number of hydrogen-bond donors (Lipinski definition) is 2. The van der Waals surface area contributed by atoms with Gasteiger partial charge in [0.15, 0.2) is 9.84 Å². The predicted molar refractivity (Wildman–Crippen MR) is 78.6 cm³/mol. The summed E-state index contributed by atoms with van der Waals surface area (Å²) in [7, 11) is -2.92. The maximum atomic E-state index is 11.7. The zero-order valence-electron chi connectivity index (χ0n) is 11.0. The Balaban J connectivity index is 2.04. The molecule has 0 amide bonds. The summed E-state index contributed by atoms with van der Waals surface area (Å²) in [6.45, 7) is 0. The first-order valence-corrected chi connectivity index (χ1v) is 8.42. The number of nitrogens with one attached hydrogen (secondary N) is 1. The predicted octanol–water partition coefficient (Wildman–Crippen LogP) is 1.17. The number of fused-ring (bicyclic) bond motifs is 1. The van der Waals surface area contributed by atoms with E-state index in [0.717, 1.165) is 16.3 Å². The molecule has 2 aromatic rings. The number of nitrogens with two attached hydrogens (primary N) is 1. The average Bonchev–Trinajstić information content (AvgIpc) is 2.80. The molecule has 2 unspecified atom stereocenters. The van der Waals surface area contributed by atoms with E-state index in [4.69, 9.17) is 5.84 Å². The highest BCUT2D eigenvalue weighted by atomic mass is 32.2. The Morgan fingerprint density at radius 1 is 1.35 bits per heavy atom. The van der Waals surface area contributed by atoms with E-state index < -0.39 is 9.84 Å². The molecule has 0 bridgehead atoms. The minimum Gasteiger partial charge on any atom is -0.271 e. The fraction of sp³-hybridized carbons (Fsp3) is 0.357. The number of sulfone groups is 1. The first-order chi connectivity index (χ1) is 9.61. The van der Waals surface area contributed by atoms with Crippen molar-refractivity contribution in [3.05, 3.63) is 42.2 Å². The maximum Gasteiger partial charge on any atom is 0.150 e. The van der Waals surface area contributed by atoms with Gasteiger partial charge in [-0.2, -0.15) is 0 Å². The topological polar surface area (TPSA) is 85.1 Å². The van der Waals surface area contributed by atoms with Crippen LogP contribution in [0.4, 0.5) is 0 Å². The third-order valence-electron chi connectivity index (χ3n) is 3.97. The molecule has 0 spiro atoms. The smallest absolute Gasteiger partial charge is 0.150 e. The van der Waals surface area contributed by atoms with E-state index in [9.17, 15) is 8.42 Å². The van der Waals surface area contributed by atoms with Gasteiger partial charge in [0.25, 0.3) is 0 Å². The van der Waals surface area contributed by atoms with Crippen LogP contribution in [0.2, 0.25) is 0 Å². The van der Waals surface area contributed by atoms with Crippen LogP contribution in [-0.2, 0) is 9.84 Å². The molecule has 0 saturated carbocycles. The van der Waals surface area contributed by atoms with Crippen LogP contribution < -0.4 is 11.3 Å². The fourth-order valence-corrected chi connectivity index (χ4v) is 4.81. The lowest BCUT2D eigenvalue weighted by molar-refractivity contribution is 0.402. The van der Waals surface area contributed by atoms with Crippen molar-refractivity contribution in [2.75, 3.05) is 11.5 Å². The van der Waals surface area contributed by atoms with Gasteiger partial charge in [0.05, 0.1) is 17.5 Å². The maximum absolute atomic E-state index is 11.7. The van der Waals surface area contributed by atoms with Crippen molar-refractivity contribution in [2.45, 2.75) is 12.5 Å². The molecular formula is C14H17N3O2S. The molecule has 0 aliphatic carbocycles. The summed E-state index contributed by atoms with van der Waals surface area (Å²) in [5, 5.41) is 2.10. The third kappa shape index (κ3) is 2.42. The Labute approximate surface area is 118 Å². The van der Waals surface area contributed by atoms with Gasteiger partial charge in [-0.1, -0.05) is 18.2 Å². The van der Waals surface area contributed by atoms with E-state index >= 15 is 0 Å². The van der Waals surface area contributed by atoms with E-state index in [1.54, 1.807) is 12.4 Å². The van der Waals surface area contributed by atoms with Gasteiger partial charge in [-0.15, -0.1) is 0 Å². The van der Waals surface area contributed by atoms with Gasteiger partial charge in [0.1, 0.15) is 0 Å². The molecule has 1 aromatic heterocycles. The van der Waals surface area contributed by atoms with Crippen LogP contribution in [-0.4, -0.2) is 24.9 Å². The molecule has 1 fully saturated rings. The summed E-state index contributed by atoms with van der Waals surface area (Å²) in [6, 6.07) is 7.74. The summed E-state index contributed by atoms with van der Waals surface area (Å²) in [4.78, 5) is 4.16. The molecule has 1 aliphatic rings. The molecule has 0 radical (unpaired) electrons. The highest BCUT2D eigenvalue weighted by molar-refractivity contribution is 7.91. The molecule has 106 valence electrons. The number of benzene rings is 1. The molecule has 3 rings (SSSR count).